The van der Waals surface area contributed by atoms with Crippen molar-refractivity contribution in [2.75, 3.05) is 50.1 Å². The van der Waals surface area contributed by atoms with Gasteiger partial charge in [-0.3, -0.25) is 0 Å². The quantitative estimate of drug-likeness (QED) is 0.730. The molecule has 0 spiro atoms. The minimum absolute atomic E-state index is 0.470. The van der Waals surface area contributed by atoms with Crippen LogP contribution < -0.4 is 19.9 Å². The maximum absolute atomic E-state index is 5.55. The van der Waals surface area contributed by atoms with E-state index in [2.05, 4.69) is 41.2 Å². The first-order chi connectivity index (χ1) is 12.5. The highest BCUT2D eigenvalue weighted by molar-refractivity contribution is 5.45. The minimum Gasteiger partial charge on any atom is -0.473 e. The van der Waals surface area contributed by atoms with Crippen molar-refractivity contribution in [3.8, 4) is 5.88 Å². The van der Waals surface area contributed by atoms with Crippen molar-refractivity contribution in [1.82, 2.24) is 25.6 Å². The molecule has 0 aliphatic carbocycles. The van der Waals surface area contributed by atoms with Gasteiger partial charge in [-0.15, -0.1) is 0 Å². The Morgan fingerprint density at radius 3 is 2.65 bits per heavy atom. The van der Waals surface area contributed by atoms with Crippen molar-refractivity contribution < 1.29 is 9.37 Å². The van der Waals surface area contributed by atoms with Crippen LogP contribution in [0.4, 0.5) is 11.8 Å². The first-order valence-electron chi connectivity index (χ1n) is 8.96. The van der Waals surface area contributed by atoms with Crippen LogP contribution in [0.25, 0.3) is 0 Å². The highest BCUT2D eigenvalue weighted by Crippen LogP contribution is 2.20. The Morgan fingerprint density at radius 2 is 2.00 bits per heavy atom. The zero-order valence-corrected chi connectivity index (χ0v) is 15.9. The molecule has 1 aliphatic heterocycles. The largest absolute Gasteiger partial charge is 0.473 e. The van der Waals surface area contributed by atoms with E-state index in [4.69, 9.17) is 4.74 Å². The van der Waals surface area contributed by atoms with Gasteiger partial charge in [-0.05, 0) is 31.8 Å². The number of aryl methyl sites for hydroxylation is 2. The maximum Gasteiger partial charge on any atom is 0.278 e. The smallest absolute Gasteiger partial charge is 0.278 e. The van der Waals surface area contributed by atoms with Gasteiger partial charge >= 0.3 is 0 Å². The third-order valence-corrected chi connectivity index (χ3v) is 4.43. The predicted molar refractivity (Wildman–Crippen MR) is 98.9 cm³/mol. The van der Waals surface area contributed by atoms with Crippen LogP contribution >= 0.6 is 0 Å². The number of nitrogens with zero attached hydrogens (tertiary/aromatic N) is 6. The average molecular weight is 361 g/mol. The van der Waals surface area contributed by atoms with Crippen molar-refractivity contribution >= 4 is 11.8 Å². The van der Waals surface area contributed by atoms with Crippen molar-refractivity contribution in [2.24, 2.45) is 0 Å². The lowest BCUT2D eigenvalue weighted by Gasteiger charge is -2.33. The molecule has 9 nitrogen and oxygen atoms in total. The molecule has 0 radical (unpaired) electrons. The van der Waals surface area contributed by atoms with E-state index in [9.17, 15) is 0 Å². The third-order valence-electron chi connectivity index (χ3n) is 4.43. The molecular weight excluding hydrogens is 334 g/mol. The number of piperidine rings is 1. The number of hydrogen-bond donors (Lipinski definition) is 1. The van der Waals surface area contributed by atoms with E-state index in [-0.39, 0.29) is 0 Å². The molecule has 0 saturated carbocycles. The molecule has 3 rings (SSSR count). The third kappa shape index (κ3) is 4.60. The Labute approximate surface area is 153 Å². The van der Waals surface area contributed by atoms with Gasteiger partial charge in [0.1, 0.15) is 18.1 Å². The van der Waals surface area contributed by atoms with E-state index in [0.29, 0.717) is 24.2 Å². The molecule has 142 valence electrons. The van der Waals surface area contributed by atoms with E-state index in [1.165, 1.54) is 0 Å². The first kappa shape index (κ1) is 18.4. The normalized spacial score (nSPS) is 15.3. The molecule has 0 bridgehead atoms. The molecule has 0 aromatic carbocycles. The van der Waals surface area contributed by atoms with Crippen LogP contribution in [0, 0.1) is 13.8 Å². The molecule has 9 heteroatoms. The Balaban J connectivity index is 1.43. The second kappa shape index (κ2) is 8.31. The molecular formula is C17H27N7O2. The Morgan fingerprint density at radius 1 is 1.23 bits per heavy atom. The summed E-state index contributed by atoms with van der Waals surface area (Å²) in [4.78, 5) is 13.4. The fourth-order valence-electron chi connectivity index (χ4n) is 2.98. The number of nitrogens with one attached hydrogen (secondary N) is 1. The summed E-state index contributed by atoms with van der Waals surface area (Å²) in [6.07, 6.45) is 2.15. The summed E-state index contributed by atoms with van der Waals surface area (Å²) in [5, 5.41) is 11.0. The molecule has 0 amide bonds. The molecule has 0 unspecified atom stereocenters. The second-order valence-electron chi connectivity index (χ2n) is 6.78. The number of anilines is 2. The van der Waals surface area contributed by atoms with Crippen molar-refractivity contribution in [3.63, 3.8) is 0 Å². The van der Waals surface area contributed by atoms with Crippen LogP contribution in [0.3, 0.4) is 0 Å². The highest BCUT2D eigenvalue weighted by atomic mass is 16.6. The van der Waals surface area contributed by atoms with Gasteiger partial charge in [-0.1, -0.05) is 5.16 Å². The van der Waals surface area contributed by atoms with Gasteiger partial charge < -0.3 is 19.9 Å². The average Bonchev–Trinajstić information content (AvgIpc) is 3.03. The summed E-state index contributed by atoms with van der Waals surface area (Å²) in [6, 6.07) is 2.55. The summed E-state index contributed by atoms with van der Waals surface area (Å²) in [5.74, 6) is 2.24. The molecule has 26 heavy (non-hydrogen) atoms. The first-order valence-corrected chi connectivity index (χ1v) is 8.96. The zero-order valence-electron chi connectivity index (χ0n) is 15.9. The van der Waals surface area contributed by atoms with Crippen LogP contribution in [-0.4, -0.2) is 66.7 Å². The Bertz CT molecular complexity index is 711. The topological polar surface area (TPSA) is 92.4 Å². The van der Waals surface area contributed by atoms with Crippen LogP contribution in [0.15, 0.2) is 10.7 Å². The Kier molecular flexibility index (Phi) is 5.87. The van der Waals surface area contributed by atoms with Gasteiger partial charge in [0.2, 0.25) is 5.95 Å². The fraction of sp³-hybridized carbons (Fsp3) is 0.647. The lowest BCUT2D eigenvalue weighted by molar-refractivity contribution is 0.249. The summed E-state index contributed by atoms with van der Waals surface area (Å²) < 4.78 is 10.2. The number of hydrogen-bond acceptors (Lipinski definition) is 9. The van der Waals surface area contributed by atoms with E-state index < -0.39 is 0 Å². The van der Waals surface area contributed by atoms with Crippen LogP contribution in [0.2, 0.25) is 0 Å². The minimum atomic E-state index is 0.470. The van der Waals surface area contributed by atoms with E-state index >= 15 is 0 Å². The van der Waals surface area contributed by atoms with E-state index in [0.717, 1.165) is 49.9 Å². The highest BCUT2D eigenvalue weighted by Gasteiger charge is 2.20. The molecule has 1 saturated heterocycles. The van der Waals surface area contributed by atoms with Crippen molar-refractivity contribution in [1.29, 1.82) is 0 Å². The lowest BCUT2D eigenvalue weighted by Crippen LogP contribution is -2.44. The molecule has 1 N–H and O–H groups in total. The van der Waals surface area contributed by atoms with Gasteiger partial charge in [0.25, 0.3) is 5.88 Å². The van der Waals surface area contributed by atoms with Gasteiger partial charge in [0.15, 0.2) is 0 Å². The number of aromatic nitrogens is 4. The predicted octanol–water partition coefficient (Wildman–Crippen LogP) is 1.18. The van der Waals surface area contributed by atoms with Gasteiger partial charge in [-0.2, -0.15) is 4.98 Å². The van der Waals surface area contributed by atoms with Gasteiger partial charge in [0, 0.05) is 51.5 Å². The lowest BCUT2D eigenvalue weighted by atomic mass is 10.1. The van der Waals surface area contributed by atoms with E-state index in [1.54, 1.807) is 0 Å². The van der Waals surface area contributed by atoms with Crippen molar-refractivity contribution in [2.45, 2.75) is 32.7 Å². The zero-order chi connectivity index (χ0) is 18.5. The summed E-state index contributed by atoms with van der Waals surface area (Å²) in [5.41, 5.74) is 1.67. The molecule has 3 heterocycles. The SMILES string of the molecule is Cc1cc(N2CCC(NCCOc3nonc3C)CC2)nc(N(C)C)n1. The van der Waals surface area contributed by atoms with Crippen LogP contribution in [-0.2, 0) is 0 Å². The number of rotatable bonds is 7. The van der Waals surface area contributed by atoms with Gasteiger partial charge in [-0.25, -0.2) is 9.61 Å². The molecule has 1 fully saturated rings. The van der Waals surface area contributed by atoms with E-state index in [1.807, 2.05) is 32.8 Å². The molecule has 2 aromatic heterocycles. The summed E-state index contributed by atoms with van der Waals surface area (Å²) in [6.45, 7) is 7.10. The van der Waals surface area contributed by atoms with Crippen LogP contribution in [0.5, 0.6) is 5.88 Å². The molecule has 2 aromatic rings. The monoisotopic (exact) mass is 361 g/mol. The van der Waals surface area contributed by atoms with Gasteiger partial charge in [0.05, 0.1) is 0 Å². The molecule has 1 aliphatic rings. The fourth-order valence-corrected chi connectivity index (χ4v) is 2.98. The summed E-state index contributed by atoms with van der Waals surface area (Å²) in [7, 11) is 3.93. The van der Waals surface area contributed by atoms with Crippen LogP contribution in [0.1, 0.15) is 24.2 Å². The Hall–Kier alpha value is -2.42. The van der Waals surface area contributed by atoms with Crippen molar-refractivity contribution in [3.05, 3.63) is 17.5 Å². The summed E-state index contributed by atoms with van der Waals surface area (Å²) >= 11 is 0. The maximum atomic E-state index is 5.55. The number of ether oxygens (including phenoxy) is 1. The standard InChI is InChI=1S/C17H27N7O2/c1-12-11-15(20-17(19-12)23(3)4)24-8-5-14(6-9-24)18-7-10-25-16-13(2)21-26-22-16/h11,14,18H,5-10H2,1-4H3. The molecule has 0 atom stereocenters. The second-order valence-corrected chi connectivity index (χ2v) is 6.78.